The Morgan fingerprint density at radius 1 is 1.21 bits per heavy atom. The molecule has 0 atom stereocenters. The van der Waals surface area contributed by atoms with Crippen LogP contribution in [0.25, 0.3) is 0 Å². The molecule has 1 aliphatic heterocycles. The zero-order valence-corrected chi connectivity index (χ0v) is 16.7. The number of oxazole rings is 1. The van der Waals surface area contributed by atoms with Crippen molar-refractivity contribution in [3.8, 4) is 0 Å². The Bertz CT molecular complexity index is 791. The lowest BCUT2D eigenvalue weighted by molar-refractivity contribution is -0.130. The molecule has 152 valence electrons. The van der Waals surface area contributed by atoms with E-state index in [1.807, 2.05) is 0 Å². The van der Waals surface area contributed by atoms with Crippen LogP contribution >= 0.6 is 0 Å². The van der Waals surface area contributed by atoms with Crippen LogP contribution in [0.5, 0.6) is 0 Å². The van der Waals surface area contributed by atoms with Gasteiger partial charge < -0.3 is 19.1 Å². The molecule has 0 aromatic carbocycles. The lowest BCUT2D eigenvalue weighted by atomic mass is 9.94. The summed E-state index contributed by atoms with van der Waals surface area (Å²) in [5, 5.41) is 2.61. The van der Waals surface area contributed by atoms with Crippen molar-refractivity contribution in [3.05, 3.63) is 42.0 Å². The quantitative estimate of drug-likeness (QED) is 0.843. The molecule has 28 heavy (non-hydrogen) atoms. The molecule has 0 saturated carbocycles. The summed E-state index contributed by atoms with van der Waals surface area (Å²) >= 11 is 0. The second-order valence-electron chi connectivity index (χ2n) is 8.04. The molecule has 1 aliphatic rings. The molecule has 2 aromatic rings. The first-order valence-corrected chi connectivity index (χ1v) is 9.60. The van der Waals surface area contributed by atoms with Gasteiger partial charge >= 0.3 is 0 Å². The van der Waals surface area contributed by atoms with Crippen LogP contribution < -0.4 is 5.32 Å². The number of aromatic nitrogens is 1. The van der Waals surface area contributed by atoms with Crippen molar-refractivity contribution in [2.75, 3.05) is 32.7 Å². The van der Waals surface area contributed by atoms with Gasteiger partial charge in [-0.05, 0) is 18.6 Å². The summed E-state index contributed by atoms with van der Waals surface area (Å²) in [5.74, 6) is 1.31. The van der Waals surface area contributed by atoms with Crippen molar-refractivity contribution in [1.29, 1.82) is 0 Å². The highest BCUT2D eigenvalue weighted by Crippen LogP contribution is 2.23. The van der Waals surface area contributed by atoms with Crippen molar-refractivity contribution in [3.63, 3.8) is 0 Å². The van der Waals surface area contributed by atoms with Gasteiger partial charge in [-0.1, -0.05) is 20.8 Å². The fraction of sp³-hybridized carbons (Fsp3) is 0.550. The minimum absolute atomic E-state index is 0.0335. The van der Waals surface area contributed by atoms with Crippen LogP contribution in [-0.2, 0) is 16.8 Å². The van der Waals surface area contributed by atoms with Crippen LogP contribution in [0, 0.1) is 0 Å². The fourth-order valence-electron chi connectivity index (χ4n) is 3.06. The van der Waals surface area contributed by atoms with Gasteiger partial charge in [-0.2, -0.15) is 0 Å². The highest BCUT2D eigenvalue weighted by molar-refractivity contribution is 5.94. The molecule has 0 bridgehead atoms. The van der Waals surface area contributed by atoms with E-state index < -0.39 is 0 Å². The maximum atomic E-state index is 12.4. The number of amides is 2. The smallest absolute Gasteiger partial charge is 0.287 e. The Labute approximate surface area is 164 Å². The predicted molar refractivity (Wildman–Crippen MR) is 103 cm³/mol. The minimum Gasteiger partial charge on any atom is -0.459 e. The molecule has 0 unspecified atom stereocenters. The Morgan fingerprint density at radius 2 is 2.04 bits per heavy atom. The van der Waals surface area contributed by atoms with E-state index in [4.69, 9.17) is 8.83 Å². The van der Waals surface area contributed by atoms with E-state index in [0.29, 0.717) is 25.5 Å². The van der Waals surface area contributed by atoms with Crippen molar-refractivity contribution >= 4 is 11.8 Å². The molecule has 8 heteroatoms. The van der Waals surface area contributed by atoms with Gasteiger partial charge in [-0.3, -0.25) is 14.5 Å². The lowest BCUT2D eigenvalue weighted by Crippen LogP contribution is -2.41. The molecular formula is C20H28N4O4. The molecule has 3 rings (SSSR count). The molecule has 3 heterocycles. The number of hydrogen-bond donors (Lipinski definition) is 1. The number of carbonyl (C=O) groups is 2. The molecule has 2 amide bonds. The zero-order valence-electron chi connectivity index (χ0n) is 16.7. The van der Waals surface area contributed by atoms with Crippen molar-refractivity contribution in [2.45, 2.75) is 39.2 Å². The van der Waals surface area contributed by atoms with E-state index in [2.05, 4.69) is 36.0 Å². The largest absolute Gasteiger partial charge is 0.459 e. The highest BCUT2D eigenvalue weighted by Gasteiger charge is 2.23. The molecule has 1 saturated heterocycles. The summed E-state index contributed by atoms with van der Waals surface area (Å²) in [6.45, 7) is 9.78. The number of carbonyl (C=O) groups excluding carboxylic acids is 2. The van der Waals surface area contributed by atoms with E-state index in [9.17, 15) is 9.59 Å². The van der Waals surface area contributed by atoms with Gasteiger partial charge in [0.15, 0.2) is 5.76 Å². The Hall–Kier alpha value is -2.61. The van der Waals surface area contributed by atoms with Crippen molar-refractivity contribution < 1.29 is 18.4 Å². The third-order valence-electron chi connectivity index (χ3n) is 4.74. The average Bonchev–Trinajstić information content (AvgIpc) is 3.28. The average molecular weight is 388 g/mol. The summed E-state index contributed by atoms with van der Waals surface area (Å²) in [6.07, 6.45) is 4.09. The second-order valence-corrected chi connectivity index (χ2v) is 8.04. The number of nitrogens with zero attached hydrogens (tertiary/aromatic N) is 3. The van der Waals surface area contributed by atoms with Gasteiger partial charge in [0, 0.05) is 31.6 Å². The first-order valence-electron chi connectivity index (χ1n) is 9.60. The highest BCUT2D eigenvalue weighted by atomic mass is 16.4. The number of hydrogen-bond acceptors (Lipinski definition) is 6. The Kier molecular flexibility index (Phi) is 6.18. The van der Waals surface area contributed by atoms with Crippen molar-refractivity contribution in [2.24, 2.45) is 0 Å². The van der Waals surface area contributed by atoms with Gasteiger partial charge in [0.25, 0.3) is 5.91 Å². The minimum atomic E-state index is -0.381. The third-order valence-corrected chi connectivity index (χ3v) is 4.74. The van der Waals surface area contributed by atoms with Crippen molar-refractivity contribution in [1.82, 2.24) is 20.1 Å². The topological polar surface area (TPSA) is 91.8 Å². The molecule has 8 nitrogen and oxygen atoms in total. The van der Waals surface area contributed by atoms with E-state index in [0.717, 1.165) is 25.3 Å². The Balaban J connectivity index is 1.47. The standard InChI is InChI=1S/C20H28N4O4/c1-20(2,3)16-12-21-17(28-16)14-23-7-5-8-24(10-9-23)18(25)13-22-19(26)15-6-4-11-27-15/h4,6,11-12H,5,7-10,13-14H2,1-3H3,(H,22,26). The van der Waals surface area contributed by atoms with Gasteiger partial charge in [0.2, 0.25) is 11.8 Å². The summed E-state index contributed by atoms with van der Waals surface area (Å²) in [4.78, 5) is 32.7. The third kappa shape index (κ3) is 5.22. The van der Waals surface area contributed by atoms with Crippen LogP contribution in [0.1, 0.15) is 49.4 Å². The lowest BCUT2D eigenvalue weighted by Gasteiger charge is -2.21. The first-order chi connectivity index (χ1) is 13.3. The monoisotopic (exact) mass is 388 g/mol. The van der Waals surface area contributed by atoms with E-state index in [1.54, 1.807) is 23.2 Å². The Morgan fingerprint density at radius 3 is 2.71 bits per heavy atom. The maximum Gasteiger partial charge on any atom is 0.287 e. The SMILES string of the molecule is CC(C)(C)c1cnc(CN2CCCN(C(=O)CNC(=O)c3ccco3)CC2)o1. The summed E-state index contributed by atoms with van der Waals surface area (Å²) in [7, 11) is 0. The summed E-state index contributed by atoms with van der Waals surface area (Å²) in [6, 6.07) is 3.20. The van der Waals surface area contributed by atoms with Gasteiger partial charge in [-0.25, -0.2) is 4.98 Å². The fourth-order valence-corrected chi connectivity index (χ4v) is 3.06. The number of rotatable bonds is 5. The maximum absolute atomic E-state index is 12.4. The summed E-state index contributed by atoms with van der Waals surface area (Å²) < 4.78 is 10.9. The first kappa shape index (κ1) is 20.1. The molecule has 0 spiro atoms. The van der Waals surface area contributed by atoms with E-state index >= 15 is 0 Å². The van der Waals surface area contributed by atoms with E-state index in [1.165, 1.54) is 6.26 Å². The normalized spacial score (nSPS) is 16.0. The molecule has 2 aromatic heterocycles. The molecule has 0 aliphatic carbocycles. The number of furan rings is 1. The molecule has 0 radical (unpaired) electrons. The van der Waals surface area contributed by atoms with Gasteiger partial charge in [-0.15, -0.1) is 0 Å². The predicted octanol–water partition coefficient (Wildman–Crippen LogP) is 2.03. The van der Waals surface area contributed by atoms with E-state index in [-0.39, 0.29) is 29.5 Å². The zero-order chi connectivity index (χ0) is 20.1. The van der Waals surface area contributed by atoms with Crippen LogP contribution in [-0.4, -0.2) is 59.3 Å². The number of nitrogens with one attached hydrogen (secondary N) is 1. The molecular weight excluding hydrogens is 360 g/mol. The van der Waals surface area contributed by atoms with Crippen LogP contribution in [0.15, 0.2) is 33.4 Å². The van der Waals surface area contributed by atoms with Gasteiger partial charge in [0.05, 0.1) is 25.5 Å². The second kappa shape index (κ2) is 8.60. The van der Waals surface area contributed by atoms with Gasteiger partial charge in [0.1, 0.15) is 5.76 Å². The molecule has 1 N–H and O–H groups in total. The summed E-state index contributed by atoms with van der Waals surface area (Å²) in [5.41, 5.74) is -0.0622. The molecule has 1 fully saturated rings. The van der Waals surface area contributed by atoms with Crippen LogP contribution in [0.2, 0.25) is 0 Å². The van der Waals surface area contributed by atoms with Crippen LogP contribution in [0.3, 0.4) is 0 Å². The van der Waals surface area contributed by atoms with Crippen LogP contribution in [0.4, 0.5) is 0 Å².